The Bertz CT molecular complexity index is 593. The van der Waals surface area contributed by atoms with Crippen LogP contribution in [0.5, 0.6) is 0 Å². The number of hydrogen-bond acceptors (Lipinski definition) is 2. The number of aromatic nitrogens is 3. The number of amides is 1. The molecule has 0 radical (unpaired) electrons. The lowest BCUT2D eigenvalue weighted by molar-refractivity contribution is 0.101. The van der Waals surface area contributed by atoms with E-state index >= 15 is 0 Å². The molecule has 1 aliphatic carbocycles. The van der Waals surface area contributed by atoms with E-state index in [1.807, 2.05) is 25.4 Å². The normalized spacial score (nSPS) is 16.2. The fourth-order valence-corrected chi connectivity index (χ4v) is 2.90. The highest BCUT2D eigenvalue weighted by Gasteiger charge is 2.18. The van der Waals surface area contributed by atoms with Gasteiger partial charge in [-0.25, -0.2) is 0 Å². The Morgan fingerprint density at radius 2 is 2.20 bits per heavy atom. The third-order valence-corrected chi connectivity index (χ3v) is 4.06. The van der Waals surface area contributed by atoms with Crippen molar-refractivity contribution < 1.29 is 4.79 Å². The van der Waals surface area contributed by atoms with Gasteiger partial charge in [0.05, 0.1) is 0 Å². The van der Waals surface area contributed by atoms with Crippen LogP contribution in [-0.4, -0.2) is 20.7 Å². The van der Waals surface area contributed by atoms with E-state index in [0.717, 1.165) is 5.69 Å². The molecule has 0 atom stereocenters. The van der Waals surface area contributed by atoms with Crippen molar-refractivity contribution in [2.75, 3.05) is 5.32 Å². The van der Waals surface area contributed by atoms with E-state index in [-0.39, 0.29) is 5.91 Å². The molecule has 20 heavy (non-hydrogen) atoms. The van der Waals surface area contributed by atoms with Crippen LogP contribution in [0.15, 0.2) is 24.4 Å². The third-order valence-electron chi connectivity index (χ3n) is 4.06. The van der Waals surface area contributed by atoms with E-state index in [1.54, 1.807) is 10.6 Å². The smallest absolute Gasteiger partial charge is 0.273 e. The minimum absolute atomic E-state index is 0.126. The number of H-pyrrole nitrogens is 1. The summed E-state index contributed by atoms with van der Waals surface area (Å²) in [7, 11) is 1.85. The summed E-state index contributed by atoms with van der Waals surface area (Å²) in [5.74, 6) is 1.05. The minimum atomic E-state index is -0.126. The summed E-state index contributed by atoms with van der Waals surface area (Å²) in [5.41, 5.74) is 1.78. The summed E-state index contributed by atoms with van der Waals surface area (Å²) in [6.45, 7) is 0. The molecule has 0 saturated heterocycles. The Morgan fingerprint density at radius 1 is 1.40 bits per heavy atom. The van der Waals surface area contributed by atoms with E-state index < -0.39 is 0 Å². The maximum Gasteiger partial charge on any atom is 0.273 e. The zero-order valence-electron chi connectivity index (χ0n) is 11.7. The highest BCUT2D eigenvalue weighted by Crippen LogP contribution is 2.32. The maximum atomic E-state index is 12.1. The molecule has 0 bridgehead atoms. The zero-order valence-corrected chi connectivity index (χ0v) is 11.7. The molecule has 3 rings (SSSR count). The molecule has 2 N–H and O–H groups in total. The van der Waals surface area contributed by atoms with Gasteiger partial charge in [-0.2, -0.15) is 5.10 Å². The molecule has 2 heterocycles. The van der Waals surface area contributed by atoms with Crippen LogP contribution in [0.2, 0.25) is 0 Å². The highest BCUT2D eigenvalue weighted by atomic mass is 16.2. The second-order valence-corrected chi connectivity index (χ2v) is 5.50. The van der Waals surface area contributed by atoms with Crippen LogP contribution >= 0.6 is 0 Å². The highest BCUT2D eigenvalue weighted by molar-refractivity contribution is 6.02. The molecular weight excluding hydrogens is 252 g/mol. The van der Waals surface area contributed by atoms with Crippen LogP contribution in [-0.2, 0) is 7.05 Å². The quantitative estimate of drug-likeness (QED) is 0.902. The van der Waals surface area contributed by atoms with Gasteiger partial charge in [0.2, 0.25) is 0 Å². The van der Waals surface area contributed by atoms with E-state index in [2.05, 4.69) is 15.5 Å². The molecule has 0 spiro atoms. The fraction of sp³-hybridized carbons (Fsp3) is 0.467. The van der Waals surface area contributed by atoms with Gasteiger partial charge in [-0.1, -0.05) is 19.3 Å². The van der Waals surface area contributed by atoms with E-state index in [4.69, 9.17) is 0 Å². The second-order valence-electron chi connectivity index (χ2n) is 5.50. The van der Waals surface area contributed by atoms with Gasteiger partial charge in [0.1, 0.15) is 5.69 Å². The van der Waals surface area contributed by atoms with Crippen molar-refractivity contribution in [3.63, 3.8) is 0 Å². The van der Waals surface area contributed by atoms with Crippen molar-refractivity contribution in [2.24, 2.45) is 7.05 Å². The second kappa shape index (κ2) is 5.53. The summed E-state index contributed by atoms with van der Waals surface area (Å²) < 4.78 is 1.80. The van der Waals surface area contributed by atoms with E-state index in [1.165, 1.54) is 32.1 Å². The van der Waals surface area contributed by atoms with Crippen LogP contribution in [0.25, 0.3) is 0 Å². The predicted octanol–water partition coefficient (Wildman–Crippen LogP) is 3.05. The molecule has 1 saturated carbocycles. The van der Waals surface area contributed by atoms with Gasteiger partial charge in [0.25, 0.3) is 5.91 Å². The largest absolute Gasteiger partial charge is 0.347 e. The number of carbonyl (C=O) groups excluding carboxylic acids is 1. The molecule has 1 amide bonds. The molecule has 2 aromatic rings. The molecular formula is C15H20N4O. The lowest BCUT2D eigenvalue weighted by Crippen LogP contribution is -2.15. The van der Waals surface area contributed by atoms with Gasteiger partial charge in [-0.15, -0.1) is 0 Å². The first-order valence-corrected chi connectivity index (χ1v) is 7.22. The average molecular weight is 272 g/mol. The Kier molecular flexibility index (Phi) is 3.58. The summed E-state index contributed by atoms with van der Waals surface area (Å²) >= 11 is 0. The first kappa shape index (κ1) is 13.0. The number of rotatable bonds is 3. The molecule has 0 unspecified atom stereocenters. The Balaban J connectivity index is 1.68. The van der Waals surface area contributed by atoms with Gasteiger partial charge in [-0.05, 0) is 25.0 Å². The van der Waals surface area contributed by atoms with Gasteiger partial charge in [-0.3, -0.25) is 9.89 Å². The van der Waals surface area contributed by atoms with Crippen LogP contribution in [0.3, 0.4) is 0 Å². The molecule has 5 heteroatoms. The monoisotopic (exact) mass is 272 g/mol. The first-order chi connectivity index (χ1) is 9.74. The lowest BCUT2D eigenvalue weighted by atomic mass is 9.87. The van der Waals surface area contributed by atoms with Crippen molar-refractivity contribution >= 4 is 11.7 Å². The van der Waals surface area contributed by atoms with E-state index in [0.29, 0.717) is 17.4 Å². The van der Waals surface area contributed by atoms with Gasteiger partial charge >= 0.3 is 0 Å². The van der Waals surface area contributed by atoms with Crippen LogP contribution in [0.1, 0.15) is 54.2 Å². The number of carbonyl (C=O) groups is 1. The number of aryl methyl sites for hydroxylation is 1. The van der Waals surface area contributed by atoms with Gasteiger partial charge in [0, 0.05) is 30.9 Å². The summed E-state index contributed by atoms with van der Waals surface area (Å²) in [6, 6.07) is 5.62. The first-order valence-electron chi connectivity index (χ1n) is 7.22. The Morgan fingerprint density at radius 3 is 2.90 bits per heavy atom. The molecule has 1 aliphatic rings. The molecule has 2 aromatic heterocycles. The van der Waals surface area contributed by atoms with Crippen molar-refractivity contribution in [1.29, 1.82) is 0 Å². The molecule has 0 aliphatic heterocycles. The Hall–Kier alpha value is -2.04. The molecule has 0 aromatic carbocycles. The minimum Gasteiger partial charge on any atom is -0.347 e. The van der Waals surface area contributed by atoms with Crippen LogP contribution in [0.4, 0.5) is 5.82 Å². The van der Waals surface area contributed by atoms with Crippen LogP contribution in [0, 0.1) is 0 Å². The number of hydrogen-bond donors (Lipinski definition) is 2. The van der Waals surface area contributed by atoms with Crippen molar-refractivity contribution in [1.82, 2.24) is 14.8 Å². The summed E-state index contributed by atoms with van der Waals surface area (Å²) in [6.07, 6.45) is 8.19. The fourth-order valence-electron chi connectivity index (χ4n) is 2.90. The lowest BCUT2D eigenvalue weighted by Gasteiger charge is -2.19. The number of nitrogens with one attached hydrogen (secondary N) is 2. The third kappa shape index (κ3) is 2.61. The standard InChI is InChI=1S/C15H20N4O/c1-19-9-5-8-13(19)15(20)16-14-10-12(17-18-14)11-6-3-2-4-7-11/h5,8-11H,2-4,6-7H2,1H3,(H2,16,17,18,20). The number of aromatic amines is 1. The predicted molar refractivity (Wildman–Crippen MR) is 77.8 cm³/mol. The van der Waals surface area contributed by atoms with E-state index in [9.17, 15) is 4.79 Å². The molecule has 1 fully saturated rings. The Labute approximate surface area is 118 Å². The van der Waals surface area contributed by atoms with Crippen LogP contribution < -0.4 is 5.32 Å². The van der Waals surface area contributed by atoms with Crippen molar-refractivity contribution in [3.8, 4) is 0 Å². The van der Waals surface area contributed by atoms with Crippen molar-refractivity contribution in [2.45, 2.75) is 38.0 Å². The summed E-state index contributed by atoms with van der Waals surface area (Å²) in [5, 5.41) is 10.1. The summed E-state index contributed by atoms with van der Waals surface area (Å²) in [4.78, 5) is 12.1. The van der Waals surface area contributed by atoms with Gasteiger partial charge < -0.3 is 9.88 Å². The zero-order chi connectivity index (χ0) is 13.9. The van der Waals surface area contributed by atoms with Crippen molar-refractivity contribution in [3.05, 3.63) is 35.8 Å². The topological polar surface area (TPSA) is 62.7 Å². The number of nitrogens with zero attached hydrogens (tertiary/aromatic N) is 2. The number of anilines is 1. The molecule has 106 valence electrons. The van der Waals surface area contributed by atoms with Gasteiger partial charge in [0.15, 0.2) is 5.82 Å². The molecule has 5 nitrogen and oxygen atoms in total. The SMILES string of the molecule is Cn1cccc1C(=O)Nc1cc(C2CCCCC2)[nH]n1. The maximum absolute atomic E-state index is 12.1. The average Bonchev–Trinajstić information content (AvgIpc) is 3.09.